The van der Waals surface area contributed by atoms with E-state index in [9.17, 15) is 4.79 Å². The smallest absolute Gasteiger partial charge is 1.00 e. The number of rotatable bonds is 24. The molecule has 3 saturated heterocycles. The predicted molar refractivity (Wildman–Crippen MR) is 586 cm³/mol. The summed E-state index contributed by atoms with van der Waals surface area (Å²) < 4.78 is 97.4. The van der Waals surface area contributed by atoms with E-state index >= 15 is 0 Å². The minimum atomic E-state index is -0.514. The number of nitrogens with one attached hydrogen (secondary N) is 1. The number of nitrogens with zero attached hydrogens (tertiary/aromatic N) is 15. The van der Waals surface area contributed by atoms with Gasteiger partial charge in [0, 0.05) is 141 Å². The topological polar surface area (TPSA) is 398 Å². The largest absolute Gasteiger partial charge is 2.00 e. The maximum atomic E-state index is 11.0. The molecule has 9 aromatic rings. The molecule has 14 rings (SSSR count). The fourth-order valence-corrected chi connectivity index (χ4v) is 13.2. The molecule has 35 nitrogen and oxygen atoms in total. The molecular formula is C95H146B4Br3Cl4LiMgN19O16S. The predicted octanol–water partition coefficient (Wildman–Crippen LogP) is 10.7. The molecule has 5 aliphatic heterocycles. The van der Waals surface area contributed by atoms with Crippen LogP contribution in [0.5, 0.6) is 17.2 Å². The molecular weight excluding hydrogens is 2150 g/mol. The number of ether oxygens (including phenoxy) is 8. The Morgan fingerprint density at radius 2 is 0.896 bits per heavy atom. The first-order chi connectivity index (χ1) is 66.0. The van der Waals surface area contributed by atoms with Crippen LogP contribution in [0, 0.1) is 6.42 Å². The average Bonchev–Trinajstić information content (AvgIpc) is 1.62. The van der Waals surface area contributed by atoms with Crippen LogP contribution in [0.25, 0.3) is 22.3 Å². The van der Waals surface area contributed by atoms with E-state index in [4.69, 9.17) is 111 Å². The summed E-state index contributed by atoms with van der Waals surface area (Å²) in [5, 5.41) is 31.0. The van der Waals surface area contributed by atoms with Crippen LogP contribution in [0.4, 0.5) is 17.1 Å². The third-order valence-corrected chi connectivity index (χ3v) is 23.1. The number of hydrogen-bond donors (Lipinski definition) is 5. The number of methoxy groups -OCH3 is 3. The number of carbonyl (C=O) groups is 1. The Balaban J connectivity index is -0.00000154. The molecule has 3 fully saturated rings. The van der Waals surface area contributed by atoms with Crippen LogP contribution < -0.4 is 91.3 Å². The van der Waals surface area contributed by atoms with Crippen LogP contribution in [-0.2, 0) is 56.3 Å². The van der Waals surface area contributed by atoms with Crippen LogP contribution in [0.2, 0.25) is 10.2 Å². The number of halogens is 7. The van der Waals surface area contributed by atoms with Gasteiger partial charge >= 0.3 is 88.2 Å². The minimum absolute atomic E-state index is 0. The van der Waals surface area contributed by atoms with E-state index in [1.165, 1.54) is 13.1 Å². The van der Waals surface area contributed by atoms with Gasteiger partial charge in [0.1, 0.15) is 42.6 Å². The van der Waals surface area contributed by atoms with Crippen LogP contribution in [-0.4, -0.2) is 245 Å². The van der Waals surface area contributed by atoms with Gasteiger partial charge < -0.3 is 124 Å². The first kappa shape index (κ1) is 142. The van der Waals surface area contributed by atoms with Crippen LogP contribution in [0.3, 0.4) is 0 Å². The molecule has 1 amide bonds. The zero-order valence-electron chi connectivity index (χ0n) is 89.2. The summed E-state index contributed by atoms with van der Waals surface area (Å²) in [6.45, 7) is 58.2. The molecule has 5 unspecified atom stereocenters. The molecule has 6 aromatic heterocycles. The van der Waals surface area contributed by atoms with Gasteiger partial charge in [0.2, 0.25) is 0 Å². The van der Waals surface area contributed by atoms with Gasteiger partial charge in [-0.3, -0.25) is 14.8 Å². The van der Waals surface area contributed by atoms with E-state index in [0.717, 1.165) is 59.7 Å². The zero-order valence-corrected chi connectivity index (χ0v) is 99.3. The maximum Gasteiger partial charge on any atom is 2.00 e. The molecule has 1 radical (unpaired) electrons. The number of amides is 1. The maximum absolute atomic E-state index is 11.0. The Hall–Kier alpha value is -6.49. The zero-order chi connectivity index (χ0) is 106. The van der Waals surface area contributed by atoms with Gasteiger partial charge in [0.25, 0.3) is 5.91 Å². The van der Waals surface area contributed by atoms with Gasteiger partial charge in [-0.05, 0) is 250 Å². The number of anilines is 3. The van der Waals surface area contributed by atoms with Crippen molar-refractivity contribution in [2.75, 3.05) is 98.8 Å². The molecule has 5 atom stereocenters. The second-order valence-electron chi connectivity index (χ2n) is 33.1. The number of benzene rings is 3. The van der Waals surface area contributed by atoms with E-state index < -0.39 is 7.32 Å². The van der Waals surface area contributed by atoms with E-state index in [0.29, 0.717) is 67.3 Å². The van der Waals surface area contributed by atoms with Crippen molar-refractivity contribution in [3.63, 3.8) is 0 Å². The molecule has 0 aliphatic carbocycles. The number of aliphatic imine (C=N–C) groups is 2. The number of para-hydroxylation sites is 3. The molecule has 0 bridgehead atoms. The summed E-state index contributed by atoms with van der Waals surface area (Å²) in [6.07, 6.45) is 31.5. The third-order valence-electron chi connectivity index (χ3n) is 21.0. The van der Waals surface area contributed by atoms with Gasteiger partial charge in [0.15, 0.2) is 16.6 Å². The van der Waals surface area contributed by atoms with E-state index in [-0.39, 0.29) is 167 Å². The normalized spacial score (nSPS) is 15.5. The second-order valence-corrected chi connectivity index (χ2v) is 36.8. The quantitative estimate of drug-likeness (QED) is 0.0123. The van der Waals surface area contributed by atoms with Crippen molar-refractivity contribution in [3.05, 3.63) is 189 Å². The van der Waals surface area contributed by atoms with Gasteiger partial charge in [-0.25, -0.2) is 23.4 Å². The van der Waals surface area contributed by atoms with Crippen molar-refractivity contribution >= 4 is 182 Å². The molecule has 5 aliphatic rings. The Bertz CT molecular complexity index is 4980. The van der Waals surface area contributed by atoms with Gasteiger partial charge in [0.05, 0.1) is 118 Å². The molecule has 0 spiro atoms. The van der Waals surface area contributed by atoms with E-state index in [1.807, 2.05) is 277 Å². The summed E-state index contributed by atoms with van der Waals surface area (Å²) in [5.41, 5.74) is 23.1. The number of aromatic nitrogens is 12. The first-order valence-corrected chi connectivity index (χ1v) is 48.8. The van der Waals surface area contributed by atoms with Crippen LogP contribution in [0.15, 0.2) is 181 Å². The Morgan fingerprint density at radius 1 is 0.562 bits per heavy atom. The van der Waals surface area contributed by atoms with Crippen LogP contribution >= 0.6 is 83.8 Å². The van der Waals surface area contributed by atoms with Gasteiger partial charge in [-0.2, -0.15) is 39.3 Å². The summed E-state index contributed by atoms with van der Waals surface area (Å²) >= 11 is 24.2. The van der Waals surface area contributed by atoms with Crippen LogP contribution in [0.1, 0.15) is 215 Å². The Kier molecular flexibility index (Phi) is 71.6. The van der Waals surface area contributed by atoms with Crippen molar-refractivity contribution < 1.29 is 119 Å². The standard InChI is InChI=1S/2C14H19N3O2.2C13H23BN2O3.C7H15BO3.C7H11BrN2O.C7H8BrNO.C6H5Cl2N3O.C4H4BrN.C4H5N.C3H7.C3H6.BHNS.2ClH.Li.Mg/c2*1-4-19-10(2)17-9-11(8-16-17)12-6-5-7-13(15)14(12)18-3;2*1-7-17-10(2)16-9-11(8-15-16)14-18-12(3,4)13(5,6)19-14;1-6(2)7(3,4)11-8(9-5)10-6;1-3-11-6(2)10-5-7(8)4-9-10;1-10-7-5(8)3-2-4-6(7)9;1-9-6(12)5-3(7)2-4(8)10-11-5;5-4-1-2-6-3-4;1-2-4-5-3-1;2*1-3-2;1-2-3;;;;/h2*5-10H,4,15H2,1-3H3;2*8-10H,7H2,1-6H3;1-5H3;4-6H,3H2,1-2H3;2-4H,9H2,1H3;2H,1H3,(H,9,12);1,3H,2H2;1-3H,4H2;3H,1-2H3;3H,1H2,2H3;3H;2*1H;;/q;;;;;;;;;;-1;;;;;+1;+2/p-2. The van der Waals surface area contributed by atoms with E-state index in [1.54, 1.807) is 107 Å². The first-order valence-electron chi connectivity index (χ1n) is 45.3. The summed E-state index contributed by atoms with van der Waals surface area (Å²) in [4.78, 5) is 18.8. The molecule has 0 saturated carbocycles. The number of thiol groups is 1. The second kappa shape index (κ2) is 72.8. The molecule has 7 N–H and O–H groups in total. The third kappa shape index (κ3) is 47.4. The van der Waals surface area contributed by atoms with Gasteiger partial charge in [-0.15, -0.1) is 16.8 Å². The molecule has 3 aromatic carbocycles. The van der Waals surface area contributed by atoms with Gasteiger partial charge in [-0.1, -0.05) is 65.7 Å². The number of hydrogen-bond acceptors (Lipinski definition) is 30. The number of nitrogens with two attached hydrogens (primary N) is 3. The monoisotopic (exact) mass is 2290 g/mol. The fourth-order valence-electron chi connectivity index (χ4n) is 11.7. The number of carbonyl (C=O) groups excluding carboxylic acids is 1. The molecule has 144 heavy (non-hydrogen) atoms. The number of allylic oxidation sites excluding steroid dienone is 3. The summed E-state index contributed by atoms with van der Waals surface area (Å²) in [7, 11) is 11.0. The fraction of sp³-hybridized carbons (Fsp3) is 0.505. The van der Waals surface area contributed by atoms with Crippen molar-refractivity contribution in [1.82, 2.24) is 64.4 Å². The van der Waals surface area contributed by atoms with E-state index in [2.05, 4.69) is 130 Å². The van der Waals surface area contributed by atoms with Crippen molar-refractivity contribution in [2.45, 2.75) is 238 Å². The molecule has 49 heteroatoms. The Morgan fingerprint density at radius 3 is 1.15 bits per heavy atom. The summed E-state index contributed by atoms with van der Waals surface area (Å²) in [5.74, 6) is 1.66. The summed E-state index contributed by atoms with van der Waals surface area (Å²) in [6, 6.07) is 18.3. The average molecular weight is 2300 g/mol. The van der Waals surface area contributed by atoms with Crippen molar-refractivity contribution in [1.29, 1.82) is 0 Å². The SMILES string of the molecule is BrC1=CCN=C1.C1=CCN=C1.C=CC.CCOC(C)n1cc(-c2cccc(N)c2OC)cn1.CCOC(C)n1cc(-c2cccc(N)c2OC)cn1.CCOC(C)n1cc(B2OC(C)(C)C(C)(C)O2)cn1.CCOC(C)n1cc(B2OC(C)(C)C(C)(C)O2)cn1.CCOC(C)n1cc(Br)cn1.CNC(=O)c1nnc(Cl)cc1Cl.COB1OC(C)(C)C(C)(C)O1.COc1c(N)cccc1Br.C[CH-]C.[B]=NS.[Cl-].[Cl-].[Li+].[Mg+2]. The molecule has 11 heterocycles. The minimum Gasteiger partial charge on any atom is -1.00 e. The molecule has 787 valence electrons. The van der Waals surface area contributed by atoms with Crippen molar-refractivity contribution in [3.8, 4) is 39.5 Å². The van der Waals surface area contributed by atoms with Crippen molar-refractivity contribution in [2.24, 2.45) is 14.3 Å². The Labute approximate surface area is 937 Å². The number of nitrogen functional groups attached to an aromatic ring is 3.